The first kappa shape index (κ1) is 25.4. The van der Waals surface area contributed by atoms with Gasteiger partial charge in [0.25, 0.3) is 0 Å². The third-order valence-electron chi connectivity index (χ3n) is 5.27. The van der Waals surface area contributed by atoms with Crippen molar-refractivity contribution in [2.75, 3.05) is 5.32 Å². The number of aliphatic hydroxyl groups excluding tert-OH is 1. The van der Waals surface area contributed by atoms with Crippen LogP contribution in [0.4, 0.5) is 5.13 Å². The normalized spacial score (nSPS) is 12.7. The Hall–Kier alpha value is -3.23. The lowest BCUT2D eigenvalue weighted by atomic mass is 10.1. The van der Waals surface area contributed by atoms with Crippen LogP contribution in [0.15, 0.2) is 60.8 Å². The van der Waals surface area contributed by atoms with Crippen molar-refractivity contribution in [1.29, 1.82) is 0 Å². The highest BCUT2D eigenvalue weighted by atomic mass is 32.1. The summed E-state index contributed by atoms with van der Waals surface area (Å²) >= 11 is 1.36. The number of thiazole rings is 1. The van der Waals surface area contributed by atoms with Crippen molar-refractivity contribution in [1.82, 2.24) is 10.3 Å². The molecule has 1 heterocycles. The van der Waals surface area contributed by atoms with Gasteiger partial charge in [-0.2, -0.15) is 0 Å². The SMILES string of the molecule is CCC[C@H](NC(=O)[C@@H](O)C(C)C)C(=O)Nc1ncc(-c2ccccc2COc2ccccc2)s1. The van der Waals surface area contributed by atoms with E-state index in [1.165, 1.54) is 11.3 Å². The topological polar surface area (TPSA) is 101 Å². The largest absolute Gasteiger partial charge is 0.489 e. The lowest BCUT2D eigenvalue weighted by molar-refractivity contribution is -0.134. The molecule has 1 aromatic heterocycles. The van der Waals surface area contributed by atoms with Crippen LogP contribution in [0.3, 0.4) is 0 Å². The summed E-state index contributed by atoms with van der Waals surface area (Å²) in [6, 6.07) is 16.8. The molecule has 0 saturated carbocycles. The van der Waals surface area contributed by atoms with Crippen LogP contribution in [-0.2, 0) is 16.2 Å². The highest BCUT2D eigenvalue weighted by Gasteiger charge is 2.26. The van der Waals surface area contributed by atoms with Crippen molar-refractivity contribution in [3.8, 4) is 16.2 Å². The number of hydrogen-bond acceptors (Lipinski definition) is 6. The van der Waals surface area contributed by atoms with E-state index in [0.717, 1.165) is 21.8 Å². The molecule has 0 spiro atoms. The summed E-state index contributed by atoms with van der Waals surface area (Å²) in [5.41, 5.74) is 1.99. The summed E-state index contributed by atoms with van der Waals surface area (Å²) in [5, 5.41) is 15.9. The Morgan fingerprint density at radius 1 is 1.06 bits per heavy atom. The minimum absolute atomic E-state index is 0.238. The molecule has 2 amide bonds. The Morgan fingerprint density at radius 3 is 2.47 bits per heavy atom. The van der Waals surface area contributed by atoms with Gasteiger partial charge in [-0.1, -0.05) is 81.0 Å². The molecule has 0 unspecified atom stereocenters. The van der Waals surface area contributed by atoms with Crippen molar-refractivity contribution < 1.29 is 19.4 Å². The molecule has 0 aliphatic carbocycles. The van der Waals surface area contributed by atoms with Crippen LogP contribution in [0.1, 0.15) is 39.2 Å². The van der Waals surface area contributed by atoms with Gasteiger partial charge in [0.2, 0.25) is 11.8 Å². The first-order valence-electron chi connectivity index (χ1n) is 11.4. The van der Waals surface area contributed by atoms with E-state index in [0.29, 0.717) is 24.6 Å². The van der Waals surface area contributed by atoms with E-state index in [1.807, 2.05) is 61.5 Å². The van der Waals surface area contributed by atoms with Crippen LogP contribution in [-0.4, -0.2) is 34.1 Å². The third-order valence-corrected chi connectivity index (χ3v) is 6.21. The van der Waals surface area contributed by atoms with Crippen LogP contribution in [0.2, 0.25) is 0 Å². The predicted octanol–water partition coefficient (Wildman–Crippen LogP) is 4.63. The fourth-order valence-corrected chi connectivity index (χ4v) is 4.21. The number of carbonyl (C=O) groups is 2. The van der Waals surface area contributed by atoms with Crippen molar-refractivity contribution >= 4 is 28.3 Å². The maximum absolute atomic E-state index is 12.8. The zero-order valence-electron chi connectivity index (χ0n) is 19.7. The maximum Gasteiger partial charge on any atom is 0.249 e. The van der Waals surface area contributed by atoms with E-state index in [1.54, 1.807) is 20.0 Å². The molecular formula is C26H31N3O4S. The second-order valence-electron chi connectivity index (χ2n) is 8.32. The number of rotatable bonds is 11. The average Bonchev–Trinajstić information content (AvgIpc) is 3.30. The molecule has 8 heteroatoms. The Bertz CT molecular complexity index is 1080. The molecule has 0 aliphatic heterocycles. The first-order chi connectivity index (χ1) is 16.4. The smallest absolute Gasteiger partial charge is 0.249 e. The summed E-state index contributed by atoms with van der Waals surface area (Å²) in [7, 11) is 0. The number of ether oxygens (including phenoxy) is 1. The molecule has 3 N–H and O–H groups in total. The van der Waals surface area contributed by atoms with E-state index in [4.69, 9.17) is 4.74 Å². The predicted molar refractivity (Wildman–Crippen MR) is 135 cm³/mol. The quantitative estimate of drug-likeness (QED) is 0.371. The van der Waals surface area contributed by atoms with Gasteiger partial charge in [-0.25, -0.2) is 4.98 Å². The standard InChI is InChI=1S/C26H31N3O4S/c1-4-10-21(28-25(32)23(30)17(2)3)24(31)29-26-27-15-22(34-26)20-14-9-8-11-18(20)16-33-19-12-6-5-7-13-19/h5-9,11-15,17,21,23,30H,4,10,16H2,1-3H3,(H,28,32)(H,27,29,31)/t21-,23-/m0/s1. The van der Waals surface area contributed by atoms with Gasteiger partial charge in [-0.05, 0) is 35.6 Å². The van der Waals surface area contributed by atoms with Crippen LogP contribution in [0.25, 0.3) is 10.4 Å². The Kier molecular flexibility index (Phi) is 9.18. The van der Waals surface area contributed by atoms with Gasteiger partial charge in [0.05, 0.1) is 4.88 Å². The minimum atomic E-state index is -1.16. The molecule has 34 heavy (non-hydrogen) atoms. The number of benzene rings is 2. The maximum atomic E-state index is 12.8. The highest BCUT2D eigenvalue weighted by molar-refractivity contribution is 7.19. The molecule has 0 radical (unpaired) electrons. The molecule has 3 rings (SSSR count). The molecule has 2 aromatic carbocycles. The number of para-hydroxylation sites is 1. The van der Waals surface area contributed by atoms with E-state index in [-0.39, 0.29) is 11.8 Å². The number of aliphatic hydroxyl groups is 1. The zero-order valence-corrected chi connectivity index (χ0v) is 20.5. The van der Waals surface area contributed by atoms with Gasteiger partial charge in [0.15, 0.2) is 5.13 Å². The molecule has 7 nitrogen and oxygen atoms in total. The van der Waals surface area contributed by atoms with E-state index in [9.17, 15) is 14.7 Å². The number of carbonyl (C=O) groups excluding carboxylic acids is 2. The van der Waals surface area contributed by atoms with Crippen LogP contribution in [0.5, 0.6) is 5.75 Å². The van der Waals surface area contributed by atoms with Crippen molar-refractivity contribution in [2.45, 2.75) is 52.4 Å². The summed E-state index contributed by atoms with van der Waals surface area (Å²) in [6.45, 7) is 5.84. The Labute approximate surface area is 204 Å². The zero-order chi connectivity index (χ0) is 24.5. The van der Waals surface area contributed by atoms with E-state index in [2.05, 4.69) is 15.6 Å². The summed E-state index contributed by atoms with van der Waals surface area (Å²) in [4.78, 5) is 30.4. The van der Waals surface area contributed by atoms with Crippen LogP contribution < -0.4 is 15.4 Å². The number of hydrogen-bond donors (Lipinski definition) is 3. The lowest BCUT2D eigenvalue weighted by Gasteiger charge is -2.20. The van der Waals surface area contributed by atoms with E-state index < -0.39 is 18.1 Å². The van der Waals surface area contributed by atoms with Gasteiger partial charge in [-0.15, -0.1) is 0 Å². The molecule has 0 fully saturated rings. The highest BCUT2D eigenvalue weighted by Crippen LogP contribution is 2.32. The van der Waals surface area contributed by atoms with Gasteiger partial charge >= 0.3 is 0 Å². The number of nitrogens with one attached hydrogen (secondary N) is 2. The van der Waals surface area contributed by atoms with Gasteiger partial charge in [0.1, 0.15) is 24.5 Å². The summed E-state index contributed by atoms with van der Waals surface area (Å²) in [5.74, 6) is -0.345. The van der Waals surface area contributed by atoms with E-state index >= 15 is 0 Å². The van der Waals surface area contributed by atoms with Crippen molar-refractivity contribution in [3.63, 3.8) is 0 Å². The van der Waals surface area contributed by atoms with Crippen LogP contribution >= 0.6 is 11.3 Å². The minimum Gasteiger partial charge on any atom is -0.489 e. The molecule has 0 bridgehead atoms. The van der Waals surface area contributed by atoms with Crippen molar-refractivity contribution in [3.05, 3.63) is 66.4 Å². The molecule has 0 saturated heterocycles. The fraction of sp³-hybridized carbons (Fsp3) is 0.346. The Balaban J connectivity index is 1.69. The fourth-order valence-electron chi connectivity index (χ4n) is 3.33. The molecule has 2 atom stereocenters. The summed E-state index contributed by atoms with van der Waals surface area (Å²) in [6.07, 6.45) is 1.72. The average molecular weight is 482 g/mol. The van der Waals surface area contributed by atoms with Gasteiger partial charge in [0, 0.05) is 6.20 Å². The third kappa shape index (κ3) is 6.88. The first-order valence-corrected chi connectivity index (χ1v) is 12.2. The monoisotopic (exact) mass is 481 g/mol. The van der Waals surface area contributed by atoms with Gasteiger partial charge in [-0.3, -0.25) is 9.59 Å². The Morgan fingerprint density at radius 2 is 1.76 bits per heavy atom. The number of amides is 2. The number of aromatic nitrogens is 1. The molecule has 0 aliphatic rings. The molecule has 3 aromatic rings. The second kappa shape index (κ2) is 12.3. The van der Waals surface area contributed by atoms with Gasteiger partial charge < -0.3 is 20.5 Å². The summed E-state index contributed by atoms with van der Waals surface area (Å²) < 4.78 is 5.91. The number of anilines is 1. The molecular weight excluding hydrogens is 450 g/mol. The number of nitrogens with zero attached hydrogens (tertiary/aromatic N) is 1. The molecule has 180 valence electrons. The lowest BCUT2D eigenvalue weighted by Crippen LogP contribution is -2.48. The van der Waals surface area contributed by atoms with Crippen molar-refractivity contribution in [2.24, 2.45) is 5.92 Å². The second-order valence-corrected chi connectivity index (χ2v) is 9.35. The van der Waals surface area contributed by atoms with Crippen LogP contribution in [0, 0.1) is 5.92 Å².